The molecular formula is C13H21N3O4. The van der Waals surface area contributed by atoms with E-state index >= 15 is 0 Å². The quantitative estimate of drug-likeness (QED) is 0.707. The number of rotatable bonds is 1. The van der Waals surface area contributed by atoms with Crippen LogP contribution in [0, 0.1) is 11.8 Å². The molecule has 2 N–H and O–H groups in total. The number of hydrogen-bond acceptors (Lipinski definition) is 3. The van der Waals surface area contributed by atoms with Gasteiger partial charge in [-0.05, 0) is 19.8 Å². The van der Waals surface area contributed by atoms with Crippen LogP contribution >= 0.6 is 0 Å². The lowest BCUT2D eigenvalue weighted by molar-refractivity contribution is -0.142. The number of aliphatic carboxylic acids is 1. The second kappa shape index (κ2) is 4.96. The highest BCUT2D eigenvalue weighted by Gasteiger charge is 2.45. The van der Waals surface area contributed by atoms with Crippen LogP contribution in [0.25, 0.3) is 0 Å². The van der Waals surface area contributed by atoms with Crippen molar-refractivity contribution in [2.75, 3.05) is 26.2 Å². The van der Waals surface area contributed by atoms with Gasteiger partial charge in [-0.25, -0.2) is 4.79 Å². The van der Waals surface area contributed by atoms with Crippen LogP contribution in [-0.4, -0.2) is 64.5 Å². The Morgan fingerprint density at radius 1 is 1.35 bits per heavy atom. The summed E-state index contributed by atoms with van der Waals surface area (Å²) in [4.78, 5) is 38.6. The first-order valence-corrected chi connectivity index (χ1v) is 6.82. The van der Waals surface area contributed by atoms with Crippen LogP contribution < -0.4 is 5.32 Å². The van der Waals surface area contributed by atoms with Gasteiger partial charge in [0.2, 0.25) is 5.91 Å². The fraction of sp³-hybridized carbons (Fsp3) is 0.769. The zero-order valence-electron chi connectivity index (χ0n) is 12.0. The number of nitrogens with one attached hydrogen (secondary N) is 1. The molecule has 0 spiro atoms. The average molecular weight is 283 g/mol. The molecule has 20 heavy (non-hydrogen) atoms. The molecule has 0 aliphatic carbocycles. The summed E-state index contributed by atoms with van der Waals surface area (Å²) in [5, 5.41) is 11.9. The predicted molar refractivity (Wildman–Crippen MR) is 71.1 cm³/mol. The Kier molecular flexibility index (Phi) is 3.62. The number of amides is 3. The van der Waals surface area contributed by atoms with Gasteiger partial charge in [-0.2, -0.15) is 0 Å². The molecule has 0 saturated carbocycles. The van der Waals surface area contributed by atoms with Crippen molar-refractivity contribution in [3.05, 3.63) is 0 Å². The van der Waals surface area contributed by atoms with E-state index in [9.17, 15) is 14.4 Å². The zero-order chi connectivity index (χ0) is 15.1. The third-order valence-electron chi connectivity index (χ3n) is 4.28. The molecule has 2 aliphatic heterocycles. The second-order valence-electron chi connectivity index (χ2n) is 6.08. The van der Waals surface area contributed by atoms with Gasteiger partial charge in [-0.1, -0.05) is 6.92 Å². The minimum atomic E-state index is -0.903. The molecule has 2 fully saturated rings. The fourth-order valence-corrected chi connectivity index (χ4v) is 2.85. The second-order valence-corrected chi connectivity index (χ2v) is 6.08. The number of nitrogens with zero attached hydrogens (tertiary/aromatic N) is 2. The van der Waals surface area contributed by atoms with Gasteiger partial charge in [0.1, 0.15) is 5.54 Å². The molecule has 0 bridgehead atoms. The molecule has 0 aromatic rings. The van der Waals surface area contributed by atoms with Crippen molar-refractivity contribution in [1.29, 1.82) is 0 Å². The van der Waals surface area contributed by atoms with Crippen molar-refractivity contribution in [2.45, 2.75) is 26.3 Å². The summed E-state index contributed by atoms with van der Waals surface area (Å²) < 4.78 is 0. The van der Waals surface area contributed by atoms with Gasteiger partial charge < -0.3 is 20.2 Å². The molecule has 2 atom stereocenters. The standard InChI is InChI=1S/C13H21N3O4/c1-8-6-15(7-9(8)10(17)18)12(20)16-5-4-14-11(19)13(16,2)3/h8-9H,4-7H2,1-3H3,(H,14,19)(H,17,18). The maximum Gasteiger partial charge on any atom is 0.320 e. The molecular weight excluding hydrogens is 262 g/mol. The first kappa shape index (κ1) is 14.6. The number of carbonyl (C=O) groups excluding carboxylic acids is 2. The van der Waals surface area contributed by atoms with Crippen molar-refractivity contribution >= 4 is 17.9 Å². The van der Waals surface area contributed by atoms with Gasteiger partial charge in [0.15, 0.2) is 0 Å². The first-order valence-electron chi connectivity index (χ1n) is 6.82. The van der Waals surface area contributed by atoms with E-state index in [0.29, 0.717) is 19.6 Å². The summed E-state index contributed by atoms with van der Waals surface area (Å²) in [7, 11) is 0. The monoisotopic (exact) mass is 283 g/mol. The largest absolute Gasteiger partial charge is 0.481 e. The molecule has 7 heteroatoms. The van der Waals surface area contributed by atoms with E-state index in [0.717, 1.165) is 0 Å². The van der Waals surface area contributed by atoms with Crippen molar-refractivity contribution < 1.29 is 19.5 Å². The first-order chi connectivity index (χ1) is 9.25. The number of piperazine rings is 1. The maximum absolute atomic E-state index is 12.6. The van der Waals surface area contributed by atoms with Gasteiger partial charge in [0.25, 0.3) is 0 Å². The number of likely N-dealkylation sites (tertiary alicyclic amines) is 1. The van der Waals surface area contributed by atoms with E-state index in [1.807, 2.05) is 6.92 Å². The highest BCUT2D eigenvalue weighted by molar-refractivity contribution is 5.91. The molecule has 2 saturated heterocycles. The Hall–Kier alpha value is -1.79. The van der Waals surface area contributed by atoms with Gasteiger partial charge >= 0.3 is 12.0 Å². The van der Waals surface area contributed by atoms with E-state index < -0.39 is 17.4 Å². The van der Waals surface area contributed by atoms with Crippen molar-refractivity contribution in [1.82, 2.24) is 15.1 Å². The minimum Gasteiger partial charge on any atom is -0.481 e. The Bertz CT molecular complexity index is 449. The molecule has 2 heterocycles. The summed E-state index contributed by atoms with van der Waals surface area (Å²) in [6.07, 6.45) is 0. The fourth-order valence-electron chi connectivity index (χ4n) is 2.85. The Balaban J connectivity index is 2.12. The SMILES string of the molecule is CC1CN(C(=O)N2CCNC(=O)C2(C)C)CC1C(=O)O. The lowest BCUT2D eigenvalue weighted by Crippen LogP contribution is -2.65. The van der Waals surface area contributed by atoms with E-state index in [1.54, 1.807) is 18.7 Å². The van der Waals surface area contributed by atoms with Crippen LogP contribution in [0.4, 0.5) is 4.79 Å². The third-order valence-corrected chi connectivity index (χ3v) is 4.28. The number of carboxylic acids is 1. The van der Waals surface area contributed by atoms with E-state index in [4.69, 9.17) is 5.11 Å². The molecule has 0 aromatic heterocycles. The zero-order valence-corrected chi connectivity index (χ0v) is 12.0. The summed E-state index contributed by atoms with van der Waals surface area (Å²) in [6, 6.07) is -0.250. The van der Waals surface area contributed by atoms with Crippen LogP contribution in [0.5, 0.6) is 0 Å². The molecule has 112 valence electrons. The van der Waals surface area contributed by atoms with Crippen molar-refractivity contribution in [3.63, 3.8) is 0 Å². The van der Waals surface area contributed by atoms with Gasteiger partial charge in [0, 0.05) is 26.2 Å². The molecule has 2 unspecified atom stereocenters. The van der Waals surface area contributed by atoms with E-state index in [-0.39, 0.29) is 24.4 Å². The van der Waals surface area contributed by atoms with E-state index in [1.165, 1.54) is 4.90 Å². The highest BCUT2D eigenvalue weighted by Crippen LogP contribution is 2.27. The smallest absolute Gasteiger partial charge is 0.320 e. The average Bonchev–Trinajstić information content (AvgIpc) is 2.74. The lowest BCUT2D eigenvalue weighted by atomic mass is 9.99. The lowest BCUT2D eigenvalue weighted by Gasteiger charge is -2.42. The molecule has 7 nitrogen and oxygen atoms in total. The number of urea groups is 1. The van der Waals surface area contributed by atoms with Crippen LogP contribution in [0.1, 0.15) is 20.8 Å². The molecule has 3 amide bonds. The van der Waals surface area contributed by atoms with Crippen molar-refractivity contribution in [2.24, 2.45) is 11.8 Å². The Labute approximate surface area is 117 Å². The van der Waals surface area contributed by atoms with Crippen LogP contribution in [-0.2, 0) is 9.59 Å². The van der Waals surface area contributed by atoms with E-state index in [2.05, 4.69) is 5.32 Å². The number of carbonyl (C=O) groups is 3. The Morgan fingerprint density at radius 3 is 2.55 bits per heavy atom. The van der Waals surface area contributed by atoms with Crippen LogP contribution in [0.2, 0.25) is 0 Å². The molecule has 2 aliphatic rings. The summed E-state index contributed by atoms with van der Waals surface area (Å²) >= 11 is 0. The van der Waals surface area contributed by atoms with Crippen LogP contribution in [0.3, 0.4) is 0 Å². The topological polar surface area (TPSA) is 90.0 Å². The number of hydrogen-bond donors (Lipinski definition) is 2. The normalized spacial score (nSPS) is 29.2. The van der Waals surface area contributed by atoms with Gasteiger partial charge in [-0.3, -0.25) is 9.59 Å². The minimum absolute atomic E-state index is 0.0711. The van der Waals surface area contributed by atoms with Crippen molar-refractivity contribution in [3.8, 4) is 0 Å². The number of carboxylic acid groups (broad SMARTS) is 1. The maximum atomic E-state index is 12.6. The predicted octanol–water partition coefficient (Wildman–Crippen LogP) is -0.0307. The summed E-state index contributed by atoms with van der Waals surface area (Å²) in [6.45, 7) is 6.74. The Morgan fingerprint density at radius 2 is 2.00 bits per heavy atom. The summed E-state index contributed by atoms with van der Waals surface area (Å²) in [5.74, 6) is -1.65. The highest BCUT2D eigenvalue weighted by atomic mass is 16.4. The summed E-state index contributed by atoms with van der Waals surface area (Å²) in [5.41, 5.74) is -0.903. The van der Waals surface area contributed by atoms with Gasteiger partial charge in [0.05, 0.1) is 5.92 Å². The third kappa shape index (κ3) is 2.32. The molecule has 0 radical (unpaired) electrons. The molecule has 2 rings (SSSR count). The van der Waals surface area contributed by atoms with Gasteiger partial charge in [-0.15, -0.1) is 0 Å². The van der Waals surface area contributed by atoms with Crippen LogP contribution in [0.15, 0.2) is 0 Å². The molecule has 0 aromatic carbocycles.